The number of aromatic nitrogens is 3. The van der Waals surface area contributed by atoms with Gasteiger partial charge in [-0.05, 0) is 24.3 Å². The Hall–Kier alpha value is -3.05. The Labute approximate surface area is 178 Å². The summed E-state index contributed by atoms with van der Waals surface area (Å²) in [6, 6.07) is 7.69. The van der Waals surface area contributed by atoms with Gasteiger partial charge >= 0.3 is 0 Å². The minimum absolute atomic E-state index is 0.0959. The lowest BCUT2D eigenvalue weighted by atomic mass is 10.0. The van der Waals surface area contributed by atoms with Gasteiger partial charge in [-0.2, -0.15) is 0 Å². The van der Waals surface area contributed by atoms with Crippen molar-refractivity contribution in [3.8, 4) is 11.1 Å². The Bertz CT molecular complexity index is 1410. The first kappa shape index (κ1) is 20.2. The fourth-order valence-corrected chi connectivity index (χ4v) is 4.60. The quantitative estimate of drug-likeness (QED) is 0.446. The highest BCUT2D eigenvalue weighted by Crippen LogP contribution is 2.36. The highest BCUT2D eigenvalue weighted by Gasteiger charge is 2.23. The average Bonchev–Trinajstić information content (AvgIpc) is 3.01. The summed E-state index contributed by atoms with van der Waals surface area (Å²) in [4.78, 5) is 7.50. The lowest BCUT2D eigenvalue weighted by Gasteiger charge is -2.12. The van der Waals surface area contributed by atoms with Crippen LogP contribution in [0.5, 0.6) is 0 Å². The molecule has 0 amide bonds. The predicted molar refractivity (Wildman–Crippen MR) is 113 cm³/mol. The number of anilines is 2. The van der Waals surface area contributed by atoms with Crippen LogP contribution in [0.2, 0.25) is 0 Å². The van der Waals surface area contributed by atoms with Crippen LogP contribution >= 0.6 is 15.9 Å². The summed E-state index contributed by atoms with van der Waals surface area (Å²) >= 11 is 3.07. The highest BCUT2D eigenvalue weighted by molar-refractivity contribution is 9.10. The number of halogens is 3. The summed E-state index contributed by atoms with van der Waals surface area (Å²) in [6.45, 7) is 0. The van der Waals surface area contributed by atoms with Crippen molar-refractivity contribution >= 4 is 48.5 Å². The Morgan fingerprint density at radius 1 is 1.13 bits per heavy atom. The second kappa shape index (κ2) is 7.33. The van der Waals surface area contributed by atoms with Crippen LogP contribution in [0.3, 0.4) is 0 Å². The minimum atomic E-state index is -4.37. The Kier molecular flexibility index (Phi) is 4.94. The minimum Gasteiger partial charge on any atom is -0.383 e. The van der Waals surface area contributed by atoms with Gasteiger partial charge in [0.2, 0.25) is 0 Å². The van der Waals surface area contributed by atoms with Gasteiger partial charge in [0.1, 0.15) is 28.5 Å². The molecule has 30 heavy (non-hydrogen) atoms. The van der Waals surface area contributed by atoms with Crippen LogP contribution in [0.1, 0.15) is 0 Å². The van der Waals surface area contributed by atoms with E-state index in [4.69, 9.17) is 5.73 Å². The zero-order chi connectivity index (χ0) is 21.6. The molecule has 0 radical (unpaired) electrons. The van der Waals surface area contributed by atoms with Gasteiger partial charge in [-0.1, -0.05) is 28.1 Å². The second-order valence-electron chi connectivity index (χ2n) is 6.46. The molecule has 0 saturated carbocycles. The molecule has 0 fully saturated rings. The molecule has 0 aliphatic rings. The van der Waals surface area contributed by atoms with E-state index in [2.05, 4.69) is 30.6 Å². The van der Waals surface area contributed by atoms with Crippen LogP contribution in [-0.4, -0.2) is 23.0 Å². The lowest BCUT2D eigenvalue weighted by Crippen LogP contribution is -2.15. The van der Waals surface area contributed by atoms with Gasteiger partial charge in [0.15, 0.2) is 5.82 Å². The summed E-state index contributed by atoms with van der Waals surface area (Å²) in [5, 5.41) is 0.442. The van der Waals surface area contributed by atoms with Crippen LogP contribution in [-0.2, 0) is 17.1 Å². The number of fused-ring (bicyclic) bond motifs is 1. The third-order valence-electron chi connectivity index (χ3n) is 4.50. The number of benzene rings is 2. The van der Waals surface area contributed by atoms with Crippen LogP contribution in [0.25, 0.3) is 22.2 Å². The summed E-state index contributed by atoms with van der Waals surface area (Å²) < 4.78 is 58.9. The van der Waals surface area contributed by atoms with Gasteiger partial charge < -0.3 is 10.3 Å². The first-order chi connectivity index (χ1) is 14.2. The van der Waals surface area contributed by atoms with Crippen LogP contribution < -0.4 is 10.5 Å². The fourth-order valence-electron chi connectivity index (χ4n) is 3.15. The summed E-state index contributed by atoms with van der Waals surface area (Å²) in [5.41, 5.74) is 6.62. The predicted octanol–water partition coefficient (Wildman–Crippen LogP) is 4.06. The van der Waals surface area contributed by atoms with Crippen molar-refractivity contribution in [2.24, 2.45) is 7.05 Å². The van der Waals surface area contributed by atoms with Crippen molar-refractivity contribution in [1.29, 1.82) is 0 Å². The van der Waals surface area contributed by atoms with Crippen molar-refractivity contribution < 1.29 is 17.2 Å². The van der Waals surface area contributed by atoms with Gasteiger partial charge in [0.05, 0.1) is 11.1 Å². The summed E-state index contributed by atoms with van der Waals surface area (Å²) in [6.07, 6.45) is 2.93. The molecule has 2 aromatic carbocycles. The fraction of sp³-hybridized carbons (Fsp3) is 0.0526. The van der Waals surface area contributed by atoms with E-state index in [1.807, 2.05) is 0 Å². The third kappa shape index (κ3) is 3.39. The molecule has 4 aromatic rings. The van der Waals surface area contributed by atoms with E-state index in [-0.39, 0.29) is 17.1 Å². The summed E-state index contributed by atoms with van der Waals surface area (Å²) in [5.74, 6) is -1.64. The molecule has 0 saturated heterocycles. The van der Waals surface area contributed by atoms with Crippen LogP contribution in [0.4, 0.5) is 20.3 Å². The maximum Gasteiger partial charge on any atom is 0.264 e. The largest absolute Gasteiger partial charge is 0.383 e. The van der Waals surface area contributed by atoms with E-state index in [1.165, 1.54) is 30.6 Å². The van der Waals surface area contributed by atoms with Crippen molar-refractivity contribution in [1.82, 2.24) is 14.5 Å². The number of nitrogens with zero attached hydrogens (tertiary/aromatic N) is 3. The Morgan fingerprint density at radius 2 is 1.90 bits per heavy atom. The molecule has 7 nitrogen and oxygen atoms in total. The SMILES string of the molecule is Cn1cc(-c2cccc(NS(=O)(=O)c3ccc(Br)cc3F)c2F)c2c(N)ncnc21. The van der Waals surface area contributed by atoms with Gasteiger partial charge in [0.25, 0.3) is 10.0 Å². The zero-order valence-corrected chi connectivity index (χ0v) is 17.8. The molecule has 0 aliphatic heterocycles. The molecule has 11 heteroatoms. The van der Waals surface area contributed by atoms with Gasteiger partial charge in [-0.3, -0.25) is 4.72 Å². The van der Waals surface area contributed by atoms with E-state index in [0.717, 1.165) is 12.1 Å². The molecule has 0 aliphatic carbocycles. The molecule has 4 rings (SSSR count). The maximum atomic E-state index is 15.3. The van der Waals surface area contributed by atoms with Crippen molar-refractivity contribution in [2.45, 2.75) is 4.90 Å². The molecule has 3 N–H and O–H groups in total. The molecular weight excluding hydrogens is 480 g/mol. The Balaban J connectivity index is 1.82. The molecule has 0 bridgehead atoms. The monoisotopic (exact) mass is 493 g/mol. The van der Waals surface area contributed by atoms with Crippen molar-refractivity contribution in [2.75, 3.05) is 10.5 Å². The molecule has 0 unspecified atom stereocenters. The van der Waals surface area contributed by atoms with Crippen molar-refractivity contribution in [3.05, 3.63) is 65.0 Å². The van der Waals surface area contributed by atoms with Gasteiger partial charge in [-0.25, -0.2) is 27.2 Å². The van der Waals surface area contributed by atoms with Gasteiger partial charge in [0, 0.05) is 28.8 Å². The van der Waals surface area contributed by atoms with Gasteiger partial charge in [-0.15, -0.1) is 0 Å². The number of hydrogen-bond donors (Lipinski definition) is 2. The molecule has 0 spiro atoms. The first-order valence-corrected chi connectivity index (χ1v) is 10.8. The van der Waals surface area contributed by atoms with E-state index in [1.54, 1.807) is 17.8 Å². The summed E-state index contributed by atoms with van der Waals surface area (Å²) in [7, 11) is -2.65. The number of nitrogens with two attached hydrogens (primary N) is 1. The topological polar surface area (TPSA) is 103 Å². The van der Waals surface area contributed by atoms with E-state index in [9.17, 15) is 12.8 Å². The standard InChI is InChI=1S/C19H14BrF2N5O2S/c1-27-8-12(16-18(23)24-9-25-19(16)27)11-3-2-4-14(17(11)22)26-30(28,29)15-6-5-10(20)7-13(15)21/h2-9,26H,1H3,(H2,23,24,25). The number of aryl methyl sites for hydroxylation is 1. The smallest absolute Gasteiger partial charge is 0.264 e. The van der Waals surface area contributed by atoms with Crippen LogP contribution in [0.15, 0.2) is 58.3 Å². The number of nitrogen functional groups attached to an aromatic ring is 1. The molecule has 154 valence electrons. The zero-order valence-electron chi connectivity index (χ0n) is 15.4. The molecule has 0 atom stereocenters. The first-order valence-electron chi connectivity index (χ1n) is 8.51. The number of rotatable bonds is 4. The second-order valence-corrected chi connectivity index (χ2v) is 9.03. The van der Waals surface area contributed by atoms with E-state index < -0.39 is 26.6 Å². The highest BCUT2D eigenvalue weighted by atomic mass is 79.9. The number of nitrogens with one attached hydrogen (secondary N) is 1. The molecule has 2 aromatic heterocycles. The maximum absolute atomic E-state index is 15.3. The van der Waals surface area contributed by atoms with E-state index >= 15 is 4.39 Å². The van der Waals surface area contributed by atoms with Crippen LogP contribution in [0, 0.1) is 11.6 Å². The Morgan fingerprint density at radius 3 is 2.63 bits per heavy atom. The number of hydrogen-bond acceptors (Lipinski definition) is 5. The molecule has 2 heterocycles. The lowest BCUT2D eigenvalue weighted by molar-refractivity contribution is 0.569. The normalized spacial score (nSPS) is 11.7. The molecular formula is C19H14BrF2N5O2S. The number of sulfonamides is 1. The van der Waals surface area contributed by atoms with E-state index in [0.29, 0.717) is 21.1 Å². The third-order valence-corrected chi connectivity index (χ3v) is 6.39. The average molecular weight is 494 g/mol. The van der Waals surface area contributed by atoms with Crippen molar-refractivity contribution in [3.63, 3.8) is 0 Å².